The number of ketones is 1. The van der Waals surface area contributed by atoms with Crippen LogP contribution in [0.25, 0.3) is 56.1 Å². The standard InChI is InChI=1S/C34H34FN9O2S.C27H24FN9S.C6H11NO3/c1-4-26-32(42(3)34-40-31(29(13-36)47-34)21-5-8-24(35)9-6-21)44-18-22(7-10-30(44)39-26)23-14-37-33(38-15-23)43-16-20(17-43)11-28(46)27-12-25(45)19-41(27)2;1-3-21-25(35(2)27-34-24(22(10-29)38-27)16-4-7-19(28)8-5-16)37-13-17(6-9-23(37)33-21)18-11-31-26(32-12-18)36-14-20(30)15-36;1-7-3-4(8)2-5(7)6(9)10/h5-10,14-15,18,20,25,27,45H,4,11-12,16-17,19H2,1-3H3;4-9,11-13,20H,3,14-15,30H2,1-2H3;4-5,8H,2-3H2,1H3,(H,9,10)/t25-,27+;;4-,5+/m1.1/s1. The Morgan fingerprint density at radius 1 is 0.589 bits per heavy atom. The summed E-state index contributed by atoms with van der Waals surface area (Å²) in [5, 5.41) is 48.3. The number of anilines is 6. The maximum absolute atomic E-state index is 13.6. The van der Waals surface area contributed by atoms with Gasteiger partial charge in [0.1, 0.15) is 79.7 Å². The molecule has 4 fully saturated rings. The summed E-state index contributed by atoms with van der Waals surface area (Å²) in [4.78, 5) is 73.3. The number of benzene rings is 2. The topological polar surface area (TPSA) is 300 Å². The lowest BCUT2D eigenvalue weighted by Crippen LogP contribution is -2.56. The van der Waals surface area contributed by atoms with Crippen molar-refractivity contribution in [1.82, 2.24) is 58.5 Å². The second-order valence-electron chi connectivity index (χ2n) is 24.1. The fourth-order valence-corrected chi connectivity index (χ4v) is 14.1. The largest absolute Gasteiger partial charge is 0.480 e. The Morgan fingerprint density at radius 3 is 1.35 bits per heavy atom. The number of aromatic nitrogens is 10. The van der Waals surface area contributed by atoms with E-state index in [4.69, 9.17) is 35.9 Å². The highest BCUT2D eigenvalue weighted by Gasteiger charge is 2.38. The average Bonchev–Trinajstić information content (AvgIpc) is 1.62. The molecule has 4 atom stereocenters. The molecule has 2 aromatic carbocycles. The number of nitrogens with two attached hydrogens (primary N) is 1. The van der Waals surface area contributed by atoms with Gasteiger partial charge in [0.05, 0.1) is 29.6 Å². The van der Waals surface area contributed by atoms with Gasteiger partial charge in [-0.3, -0.25) is 28.2 Å². The molecule has 0 aliphatic carbocycles. The van der Waals surface area contributed by atoms with Gasteiger partial charge >= 0.3 is 5.97 Å². The van der Waals surface area contributed by atoms with E-state index in [2.05, 4.69) is 48.8 Å². The van der Waals surface area contributed by atoms with E-state index in [9.17, 15) is 34.0 Å². The van der Waals surface area contributed by atoms with Crippen molar-refractivity contribution in [2.24, 2.45) is 11.7 Å². The van der Waals surface area contributed by atoms with Gasteiger partial charge in [0.25, 0.3) is 0 Å². The number of hydrogen-bond donors (Lipinski definition) is 4. The molecule has 0 saturated carbocycles. The summed E-state index contributed by atoms with van der Waals surface area (Å²) in [7, 11) is 7.42. The smallest absolute Gasteiger partial charge is 0.321 e. The molecule has 28 heteroatoms. The number of fused-ring (bicyclic) bond motifs is 2. The van der Waals surface area contributed by atoms with Crippen molar-refractivity contribution in [2.75, 3.05) is 87.1 Å². The Labute approximate surface area is 554 Å². The molecule has 4 saturated heterocycles. The van der Waals surface area contributed by atoms with E-state index in [0.717, 1.165) is 82.8 Å². The molecule has 0 spiro atoms. The number of hydrogen-bond acceptors (Lipinski definition) is 23. The van der Waals surface area contributed by atoms with E-state index in [1.807, 2.05) is 113 Å². The molecule has 24 nitrogen and oxygen atoms in total. The molecular weight excluding hydrogens is 1250 g/mol. The molecule has 4 aliphatic heterocycles. The zero-order chi connectivity index (χ0) is 66.9. The summed E-state index contributed by atoms with van der Waals surface area (Å²) in [6.07, 6.45) is 13.2. The molecular formula is C67H69F2N19O5S2. The second-order valence-corrected chi connectivity index (χ2v) is 26.1. The van der Waals surface area contributed by atoms with Crippen LogP contribution in [-0.4, -0.2) is 183 Å². The summed E-state index contributed by atoms with van der Waals surface area (Å²) < 4.78 is 31.1. The molecule has 0 amide bonds. The minimum Gasteiger partial charge on any atom is -0.480 e. The van der Waals surface area contributed by atoms with Crippen LogP contribution in [0.5, 0.6) is 0 Å². The van der Waals surface area contributed by atoms with E-state index in [-0.39, 0.29) is 35.4 Å². The first-order chi connectivity index (χ1) is 45.8. The van der Waals surface area contributed by atoms with Crippen molar-refractivity contribution in [1.29, 1.82) is 10.5 Å². The average molecular weight is 1320 g/mol. The first-order valence-electron chi connectivity index (χ1n) is 31.0. The fraction of sp³-hybridized carbons (Fsp3) is 0.343. The summed E-state index contributed by atoms with van der Waals surface area (Å²) >= 11 is 2.57. The molecule has 0 unspecified atom stereocenters. The van der Waals surface area contributed by atoms with Crippen molar-refractivity contribution in [2.45, 2.75) is 76.3 Å². The number of aliphatic carboxylic acids is 1. The third-order valence-corrected chi connectivity index (χ3v) is 19.5. The zero-order valence-corrected chi connectivity index (χ0v) is 54.6. The SMILES string of the molecule is CCc1nc2ccc(-c3cnc(N4CC(CC(=O)[C@@H]5C[C@@H](O)CN5C)C4)nc3)cn2c1N(C)c1nc(-c2ccc(F)cc2)c(C#N)s1.CCc1nc2ccc(-c3cnc(N4CC(N)C4)nc3)cn2c1N(C)c1nc(-c2ccc(F)cc2)c(C#N)s1.CN1C[C@H](O)C[C@H]1C(=O)O. The van der Waals surface area contributed by atoms with Crippen LogP contribution in [-0.2, 0) is 22.4 Å². The van der Waals surface area contributed by atoms with Crippen LogP contribution >= 0.6 is 22.7 Å². The van der Waals surface area contributed by atoms with E-state index in [0.29, 0.717) is 99.6 Å². The molecule has 95 heavy (non-hydrogen) atoms. The number of aliphatic hydroxyl groups is 2. The number of carbonyl (C=O) groups is 2. The van der Waals surface area contributed by atoms with Crippen molar-refractivity contribution in [3.63, 3.8) is 0 Å². The van der Waals surface area contributed by atoms with Crippen LogP contribution in [0.1, 0.15) is 54.3 Å². The number of pyridine rings is 2. The lowest BCUT2D eigenvalue weighted by molar-refractivity contribution is -0.141. The maximum atomic E-state index is 13.6. The number of β-amino-alcohol motifs (C(OH)–C–C–N with tert-alkyl or cyclic N) is 2. The lowest BCUT2D eigenvalue weighted by atomic mass is 9.91. The Hall–Kier alpha value is -9.78. The van der Waals surface area contributed by atoms with Gasteiger partial charge in [0.2, 0.25) is 11.9 Å². The molecule has 8 aromatic heterocycles. The van der Waals surface area contributed by atoms with Crippen molar-refractivity contribution < 1.29 is 33.7 Å². The summed E-state index contributed by atoms with van der Waals surface area (Å²) in [6.45, 7) is 8.12. The predicted octanol–water partition coefficient (Wildman–Crippen LogP) is 8.26. The summed E-state index contributed by atoms with van der Waals surface area (Å²) in [6, 6.07) is 23.9. The highest BCUT2D eigenvalue weighted by molar-refractivity contribution is 7.17. The van der Waals surface area contributed by atoms with Crippen molar-refractivity contribution >= 4 is 79.5 Å². The highest BCUT2D eigenvalue weighted by atomic mass is 32.1. The van der Waals surface area contributed by atoms with Gasteiger partial charge in [-0.05, 0) is 106 Å². The molecule has 12 heterocycles. The van der Waals surface area contributed by atoms with Gasteiger partial charge in [-0.1, -0.05) is 36.5 Å². The second kappa shape index (κ2) is 27.7. The molecule has 0 radical (unpaired) electrons. The maximum Gasteiger partial charge on any atom is 0.321 e. The monoisotopic (exact) mass is 1320 g/mol. The van der Waals surface area contributed by atoms with E-state index in [1.165, 1.54) is 46.9 Å². The van der Waals surface area contributed by atoms with Crippen LogP contribution in [0.15, 0.2) is 110 Å². The number of aryl methyl sites for hydroxylation is 2. The normalized spacial score (nSPS) is 18.2. The van der Waals surface area contributed by atoms with Crippen LogP contribution in [0, 0.1) is 40.2 Å². The Balaban J connectivity index is 0.000000161. The summed E-state index contributed by atoms with van der Waals surface area (Å²) in [5.74, 6) is 1.95. The zero-order valence-electron chi connectivity index (χ0n) is 53.0. The molecule has 10 aromatic rings. The number of nitriles is 2. The van der Waals surface area contributed by atoms with Crippen LogP contribution in [0.4, 0.5) is 42.6 Å². The molecule has 14 rings (SSSR count). The first kappa shape index (κ1) is 65.3. The number of Topliss-reactive ketones (excluding diaryl/α,β-unsaturated/α-hetero) is 1. The van der Waals surface area contributed by atoms with Gasteiger partial charge in [-0.25, -0.2) is 48.7 Å². The number of carbonyl (C=O) groups excluding carboxylic acids is 1. The quantitative estimate of drug-likeness (QED) is 0.0707. The van der Waals surface area contributed by atoms with Gasteiger partial charge in [0.15, 0.2) is 10.3 Å². The first-order valence-corrected chi connectivity index (χ1v) is 32.7. The van der Waals surface area contributed by atoms with Crippen molar-refractivity contribution in [3.05, 3.63) is 143 Å². The minimum atomic E-state index is -0.848. The van der Waals surface area contributed by atoms with Crippen LogP contribution in [0.2, 0.25) is 0 Å². The Kier molecular flexibility index (Phi) is 19.0. The van der Waals surface area contributed by atoms with Crippen LogP contribution < -0.4 is 25.3 Å². The summed E-state index contributed by atoms with van der Waals surface area (Å²) in [5.41, 5.74) is 15.3. The number of likely N-dealkylation sites (N-methyl/N-ethyl adjacent to an activating group) is 2. The number of carboxylic acid groups (broad SMARTS) is 1. The number of carboxylic acids is 1. The molecule has 488 valence electrons. The number of likely N-dealkylation sites (tertiary alicyclic amines) is 2. The Bertz CT molecular complexity index is 4520. The third-order valence-electron chi connectivity index (χ3n) is 17.4. The van der Waals surface area contributed by atoms with Gasteiger partial charge in [-0.2, -0.15) is 10.5 Å². The number of rotatable bonds is 16. The van der Waals surface area contributed by atoms with Crippen LogP contribution in [0.3, 0.4) is 0 Å². The number of aliphatic hydroxyl groups excluding tert-OH is 2. The van der Waals surface area contributed by atoms with E-state index < -0.39 is 24.2 Å². The van der Waals surface area contributed by atoms with E-state index >= 15 is 0 Å². The van der Waals surface area contributed by atoms with Gasteiger partial charge in [-0.15, -0.1) is 0 Å². The van der Waals surface area contributed by atoms with Crippen molar-refractivity contribution in [3.8, 4) is 56.9 Å². The number of nitrogens with zero attached hydrogens (tertiary/aromatic N) is 18. The third kappa shape index (κ3) is 13.7. The number of imidazole rings is 2. The number of thiazole rings is 2. The van der Waals surface area contributed by atoms with Gasteiger partial charge < -0.3 is 40.7 Å². The minimum absolute atomic E-state index is 0.180. The molecule has 4 aliphatic rings. The van der Waals surface area contributed by atoms with E-state index in [1.54, 1.807) is 36.2 Å². The lowest BCUT2D eigenvalue weighted by Gasteiger charge is -2.39. The van der Waals surface area contributed by atoms with Gasteiger partial charge in [0, 0.05) is 149 Å². The molecule has 5 N–H and O–H groups in total. The predicted molar refractivity (Wildman–Crippen MR) is 359 cm³/mol. The fourth-order valence-electron chi connectivity index (χ4n) is 12.4. The molecule has 0 bridgehead atoms. The Morgan fingerprint density at radius 2 is 0.989 bits per heavy atom. The number of halogens is 2. The highest BCUT2D eigenvalue weighted by Crippen LogP contribution is 2.40.